The van der Waals surface area contributed by atoms with E-state index in [0.717, 1.165) is 25.8 Å². The van der Waals surface area contributed by atoms with Gasteiger partial charge in [-0.3, -0.25) is 9.69 Å². The van der Waals surface area contributed by atoms with E-state index in [-0.39, 0.29) is 5.54 Å². The Balaban J connectivity index is 2.05. The van der Waals surface area contributed by atoms with Gasteiger partial charge in [-0.1, -0.05) is 43.2 Å². The predicted octanol–water partition coefficient (Wildman–Crippen LogP) is 3.90. The highest BCUT2D eigenvalue weighted by molar-refractivity contribution is 5.90. The SMILES string of the molecule is CC1CCCCN1[C@]1(c2ccccc2)CCCCC1=O. The van der Waals surface area contributed by atoms with Gasteiger partial charge in [-0.25, -0.2) is 0 Å². The molecule has 0 N–H and O–H groups in total. The summed E-state index contributed by atoms with van der Waals surface area (Å²) in [6.45, 7) is 3.37. The number of Topliss-reactive ketones (excluding diaryl/α,β-unsaturated/α-hetero) is 1. The van der Waals surface area contributed by atoms with E-state index in [1.54, 1.807) is 0 Å². The van der Waals surface area contributed by atoms with E-state index in [1.807, 2.05) is 6.07 Å². The van der Waals surface area contributed by atoms with Crippen LogP contribution in [0.5, 0.6) is 0 Å². The molecule has 1 aromatic carbocycles. The summed E-state index contributed by atoms with van der Waals surface area (Å²) in [6.07, 6.45) is 7.74. The monoisotopic (exact) mass is 271 g/mol. The minimum atomic E-state index is -0.334. The molecule has 1 saturated heterocycles. The van der Waals surface area contributed by atoms with Crippen LogP contribution in [0.15, 0.2) is 30.3 Å². The van der Waals surface area contributed by atoms with E-state index in [2.05, 4.69) is 36.1 Å². The zero-order valence-electron chi connectivity index (χ0n) is 12.5. The van der Waals surface area contributed by atoms with Gasteiger partial charge < -0.3 is 0 Å². The fourth-order valence-electron chi connectivity index (χ4n) is 4.17. The molecule has 0 bridgehead atoms. The van der Waals surface area contributed by atoms with Crippen molar-refractivity contribution in [1.29, 1.82) is 0 Å². The molecule has 2 nitrogen and oxygen atoms in total. The quantitative estimate of drug-likeness (QED) is 0.813. The van der Waals surface area contributed by atoms with Crippen molar-refractivity contribution < 1.29 is 4.79 Å². The second kappa shape index (κ2) is 5.69. The Kier molecular flexibility index (Phi) is 3.93. The van der Waals surface area contributed by atoms with Gasteiger partial charge in [-0.05, 0) is 44.7 Å². The number of hydrogen-bond donors (Lipinski definition) is 0. The predicted molar refractivity (Wildman–Crippen MR) is 81.6 cm³/mol. The molecule has 108 valence electrons. The standard InChI is InChI=1S/C18H25NO/c1-15-9-6-8-14-19(15)18(13-7-5-12-17(18)20)16-10-3-2-4-11-16/h2-4,10-11,15H,5-9,12-14H2,1H3/t15?,18-/m0/s1. The van der Waals surface area contributed by atoms with Crippen LogP contribution in [0.3, 0.4) is 0 Å². The molecule has 2 fully saturated rings. The maximum Gasteiger partial charge on any atom is 0.157 e. The zero-order chi connectivity index (χ0) is 14.0. The van der Waals surface area contributed by atoms with Crippen molar-refractivity contribution in [2.45, 2.75) is 63.5 Å². The maximum absolute atomic E-state index is 12.9. The minimum absolute atomic E-state index is 0.334. The lowest BCUT2D eigenvalue weighted by Gasteiger charge is -2.50. The molecule has 2 atom stereocenters. The van der Waals surface area contributed by atoms with Gasteiger partial charge in [0.15, 0.2) is 5.78 Å². The Hall–Kier alpha value is -1.15. The lowest BCUT2D eigenvalue weighted by atomic mass is 9.72. The third kappa shape index (κ3) is 2.20. The molecular weight excluding hydrogens is 246 g/mol. The van der Waals surface area contributed by atoms with Gasteiger partial charge in [0.2, 0.25) is 0 Å². The van der Waals surface area contributed by atoms with Gasteiger partial charge >= 0.3 is 0 Å². The Morgan fingerprint density at radius 3 is 2.60 bits per heavy atom. The van der Waals surface area contributed by atoms with E-state index < -0.39 is 0 Å². The molecule has 0 spiro atoms. The van der Waals surface area contributed by atoms with Crippen molar-refractivity contribution >= 4 is 5.78 Å². The average Bonchev–Trinajstić information content (AvgIpc) is 2.50. The Morgan fingerprint density at radius 1 is 1.10 bits per heavy atom. The van der Waals surface area contributed by atoms with E-state index in [0.29, 0.717) is 11.8 Å². The molecule has 20 heavy (non-hydrogen) atoms. The number of ketones is 1. The van der Waals surface area contributed by atoms with E-state index in [1.165, 1.54) is 31.2 Å². The second-order valence-corrected chi connectivity index (χ2v) is 6.39. The molecule has 1 heterocycles. The fourth-order valence-corrected chi connectivity index (χ4v) is 4.17. The summed E-state index contributed by atoms with van der Waals surface area (Å²) in [5.41, 5.74) is 0.887. The van der Waals surface area contributed by atoms with Crippen molar-refractivity contribution in [1.82, 2.24) is 4.90 Å². The van der Waals surface area contributed by atoms with Crippen LogP contribution in [0, 0.1) is 0 Å². The second-order valence-electron chi connectivity index (χ2n) is 6.39. The van der Waals surface area contributed by atoms with E-state index in [4.69, 9.17) is 0 Å². The van der Waals surface area contributed by atoms with E-state index >= 15 is 0 Å². The Morgan fingerprint density at radius 2 is 1.90 bits per heavy atom. The van der Waals surface area contributed by atoms with Crippen LogP contribution in [0.25, 0.3) is 0 Å². The van der Waals surface area contributed by atoms with Crippen molar-refractivity contribution in [2.75, 3.05) is 6.54 Å². The summed E-state index contributed by atoms with van der Waals surface area (Å²) < 4.78 is 0. The van der Waals surface area contributed by atoms with Crippen molar-refractivity contribution in [3.05, 3.63) is 35.9 Å². The third-order valence-corrected chi connectivity index (χ3v) is 5.20. The topological polar surface area (TPSA) is 20.3 Å². The van der Waals surface area contributed by atoms with Gasteiger partial charge in [-0.15, -0.1) is 0 Å². The molecule has 1 aromatic rings. The third-order valence-electron chi connectivity index (χ3n) is 5.20. The van der Waals surface area contributed by atoms with Gasteiger partial charge in [0.25, 0.3) is 0 Å². The van der Waals surface area contributed by atoms with Gasteiger partial charge in [-0.2, -0.15) is 0 Å². The summed E-state index contributed by atoms with van der Waals surface area (Å²) >= 11 is 0. The molecule has 0 amide bonds. The number of hydrogen-bond acceptors (Lipinski definition) is 2. The molecule has 0 radical (unpaired) electrons. The van der Waals surface area contributed by atoms with Crippen LogP contribution in [-0.2, 0) is 10.3 Å². The van der Waals surface area contributed by atoms with Crippen LogP contribution in [0.4, 0.5) is 0 Å². The smallest absolute Gasteiger partial charge is 0.157 e. The van der Waals surface area contributed by atoms with Crippen molar-refractivity contribution in [2.24, 2.45) is 0 Å². The van der Waals surface area contributed by atoms with Crippen molar-refractivity contribution in [3.8, 4) is 0 Å². The first kappa shape index (κ1) is 13.8. The summed E-state index contributed by atoms with van der Waals surface area (Å²) in [5, 5.41) is 0. The van der Waals surface area contributed by atoms with Crippen LogP contribution in [0.2, 0.25) is 0 Å². The first-order chi connectivity index (χ1) is 9.75. The number of carbonyl (C=O) groups excluding carboxylic acids is 1. The highest BCUT2D eigenvalue weighted by Gasteiger charge is 2.48. The lowest BCUT2D eigenvalue weighted by molar-refractivity contribution is -0.138. The number of carbonyl (C=O) groups is 1. The summed E-state index contributed by atoms with van der Waals surface area (Å²) in [5.74, 6) is 0.448. The van der Waals surface area contributed by atoms with Crippen LogP contribution in [-0.4, -0.2) is 23.3 Å². The normalized spacial score (nSPS) is 32.2. The van der Waals surface area contributed by atoms with Crippen molar-refractivity contribution in [3.63, 3.8) is 0 Å². The Labute approximate surface area is 122 Å². The van der Waals surface area contributed by atoms with Crippen LogP contribution in [0.1, 0.15) is 57.4 Å². The number of benzene rings is 1. The largest absolute Gasteiger partial charge is 0.297 e. The molecule has 1 aliphatic carbocycles. The first-order valence-corrected chi connectivity index (χ1v) is 8.11. The first-order valence-electron chi connectivity index (χ1n) is 8.11. The van der Waals surface area contributed by atoms with Crippen LogP contribution >= 0.6 is 0 Å². The highest BCUT2D eigenvalue weighted by atomic mass is 16.1. The minimum Gasteiger partial charge on any atom is -0.297 e. The number of likely N-dealkylation sites (tertiary alicyclic amines) is 1. The summed E-state index contributed by atoms with van der Waals surface area (Å²) in [6, 6.07) is 11.0. The number of nitrogens with zero attached hydrogens (tertiary/aromatic N) is 1. The molecule has 2 heteroatoms. The fraction of sp³-hybridized carbons (Fsp3) is 0.611. The highest BCUT2D eigenvalue weighted by Crippen LogP contribution is 2.42. The molecule has 2 aliphatic rings. The van der Waals surface area contributed by atoms with Gasteiger partial charge in [0.05, 0.1) is 0 Å². The summed E-state index contributed by atoms with van der Waals surface area (Å²) in [7, 11) is 0. The van der Waals surface area contributed by atoms with Gasteiger partial charge in [0.1, 0.15) is 5.54 Å². The molecule has 0 aromatic heterocycles. The lowest BCUT2D eigenvalue weighted by Crippen LogP contribution is -2.58. The maximum atomic E-state index is 12.9. The summed E-state index contributed by atoms with van der Waals surface area (Å²) in [4.78, 5) is 15.4. The van der Waals surface area contributed by atoms with Crippen LogP contribution < -0.4 is 0 Å². The molecule has 1 aliphatic heterocycles. The molecule has 3 rings (SSSR count). The molecule has 1 saturated carbocycles. The molecular formula is C18H25NO. The average molecular weight is 271 g/mol. The molecule has 1 unspecified atom stereocenters. The Bertz CT molecular complexity index is 470. The van der Waals surface area contributed by atoms with Gasteiger partial charge in [0, 0.05) is 12.5 Å². The zero-order valence-corrected chi connectivity index (χ0v) is 12.5. The number of piperidine rings is 1. The number of rotatable bonds is 2. The van der Waals surface area contributed by atoms with E-state index in [9.17, 15) is 4.79 Å².